The minimum Gasteiger partial charge on any atom is -1.00 e. The highest BCUT2D eigenvalue weighted by atomic mass is 35.5. The van der Waals surface area contributed by atoms with Crippen molar-refractivity contribution < 1.29 is 21.8 Å². The van der Waals surface area contributed by atoms with Gasteiger partial charge in [-0.1, -0.05) is 0 Å². The molecular formula is C7H8ClNO. The zero-order valence-electron chi connectivity index (χ0n) is 5.62. The van der Waals surface area contributed by atoms with Crippen molar-refractivity contribution in [3.63, 3.8) is 0 Å². The van der Waals surface area contributed by atoms with Gasteiger partial charge in [0.2, 0.25) is 12.0 Å². The second-order valence-electron chi connectivity index (χ2n) is 1.85. The Labute approximate surface area is 65.9 Å². The Morgan fingerprint density at radius 2 is 2.20 bits per heavy atom. The molecule has 0 saturated heterocycles. The molecule has 0 aliphatic rings. The van der Waals surface area contributed by atoms with E-state index in [0.717, 1.165) is 6.29 Å². The Morgan fingerprint density at radius 3 is 2.60 bits per heavy atom. The number of rotatable bonds is 1. The summed E-state index contributed by atoms with van der Waals surface area (Å²) in [5, 5.41) is 0. The van der Waals surface area contributed by atoms with Gasteiger partial charge in [0.05, 0.1) is 0 Å². The maximum atomic E-state index is 10.2. The lowest BCUT2D eigenvalue weighted by Gasteiger charge is -1.86. The van der Waals surface area contributed by atoms with Crippen LogP contribution in [0.1, 0.15) is 10.5 Å². The molecule has 0 fully saturated rings. The summed E-state index contributed by atoms with van der Waals surface area (Å²) in [7, 11) is 1.84. The number of aromatic nitrogens is 1. The van der Waals surface area contributed by atoms with Crippen molar-refractivity contribution in [1.29, 1.82) is 0 Å². The van der Waals surface area contributed by atoms with Crippen LogP contribution in [-0.2, 0) is 7.05 Å². The van der Waals surface area contributed by atoms with Gasteiger partial charge in [-0.2, -0.15) is 4.57 Å². The molecule has 0 aromatic carbocycles. The van der Waals surface area contributed by atoms with Gasteiger partial charge in [-0.15, -0.1) is 0 Å². The first-order chi connectivity index (χ1) is 4.34. The Hall–Kier alpha value is -0.890. The van der Waals surface area contributed by atoms with Crippen molar-refractivity contribution in [2.45, 2.75) is 0 Å². The van der Waals surface area contributed by atoms with E-state index in [9.17, 15) is 4.79 Å². The van der Waals surface area contributed by atoms with Crippen LogP contribution < -0.4 is 17.0 Å². The highest BCUT2D eigenvalue weighted by Gasteiger charge is 1.98. The van der Waals surface area contributed by atoms with Gasteiger partial charge in [-0.3, -0.25) is 4.79 Å². The lowest BCUT2D eigenvalue weighted by molar-refractivity contribution is -0.672. The maximum absolute atomic E-state index is 10.2. The Morgan fingerprint density at radius 1 is 1.50 bits per heavy atom. The molecule has 10 heavy (non-hydrogen) atoms. The minimum atomic E-state index is 0. The summed E-state index contributed by atoms with van der Waals surface area (Å²) in [5.74, 6) is 0. The van der Waals surface area contributed by atoms with Crippen LogP contribution in [0.5, 0.6) is 0 Å². The van der Waals surface area contributed by atoms with Gasteiger partial charge in [-0.05, 0) is 6.07 Å². The van der Waals surface area contributed by atoms with Crippen molar-refractivity contribution in [2.75, 3.05) is 0 Å². The van der Waals surface area contributed by atoms with Crippen LogP contribution in [0.15, 0.2) is 24.4 Å². The zero-order chi connectivity index (χ0) is 6.69. The topological polar surface area (TPSA) is 20.9 Å². The summed E-state index contributed by atoms with van der Waals surface area (Å²) >= 11 is 0. The van der Waals surface area contributed by atoms with Crippen LogP contribution in [0, 0.1) is 0 Å². The van der Waals surface area contributed by atoms with Crippen LogP contribution in [0.2, 0.25) is 0 Å². The number of hydrogen-bond donors (Lipinski definition) is 0. The highest BCUT2D eigenvalue weighted by molar-refractivity contribution is 5.69. The van der Waals surface area contributed by atoms with Gasteiger partial charge in [0, 0.05) is 12.1 Å². The molecule has 3 heteroatoms. The fourth-order valence-corrected chi connectivity index (χ4v) is 0.659. The summed E-state index contributed by atoms with van der Waals surface area (Å²) in [4.78, 5) is 10.2. The van der Waals surface area contributed by atoms with E-state index in [1.54, 1.807) is 10.6 Å². The molecule has 0 aliphatic carbocycles. The van der Waals surface area contributed by atoms with Crippen molar-refractivity contribution in [2.24, 2.45) is 7.05 Å². The molecule has 0 saturated carbocycles. The van der Waals surface area contributed by atoms with Crippen LogP contribution in [-0.4, -0.2) is 6.29 Å². The second-order valence-corrected chi connectivity index (χ2v) is 1.85. The third-order valence-electron chi connectivity index (χ3n) is 1.22. The molecule has 1 rings (SSSR count). The summed E-state index contributed by atoms with van der Waals surface area (Å²) in [6.45, 7) is 0. The average molecular weight is 158 g/mol. The first-order valence-corrected chi connectivity index (χ1v) is 2.74. The van der Waals surface area contributed by atoms with Gasteiger partial charge >= 0.3 is 0 Å². The predicted molar refractivity (Wildman–Crippen MR) is 33.0 cm³/mol. The van der Waals surface area contributed by atoms with Crippen LogP contribution in [0.4, 0.5) is 0 Å². The lowest BCUT2D eigenvalue weighted by Crippen LogP contribution is -3.00. The van der Waals surface area contributed by atoms with E-state index in [1.165, 1.54) is 0 Å². The largest absolute Gasteiger partial charge is 1.00 e. The fraction of sp³-hybridized carbons (Fsp3) is 0.143. The van der Waals surface area contributed by atoms with Crippen LogP contribution in [0.3, 0.4) is 0 Å². The third-order valence-corrected chi connectivity index (χ3v) is 1.22. The van der Waals surface area contributed by atoms with Gasteiger partial charge in [0.25, 0.3) is 0 Å². The molecule has 1 aromatic heterocycles. The minimum absolute atomic E-state index is 0. The molecule has 0 amide bonds. The maximum Gasteiger partial charge on any atom is 0.245 e. The number of carbonyl (C=O) groups is 1. The van der Waals surface area contributed by atoms with E-state index >= 15 is 0 Å². The quantitative estimate of drug-likeness (QED) is 0.322. The number of pyridine rings is 1. The lowest BCUT2D eigenvalue weighted by atomic mass is 10.4. The number of nitrogens with zero attached hydrogens (tertiary/aromatic N) is 1. The van der Waals surface area contributed by atoms with E-state index < -0.39 is 0 Å². The highest BCUT2D eigenvalue weighted by Crippen LogP contribution is 1.82. The molecule has 1 aromatic rings. The first-order valence-electron chi connectivity index (χ1n) is 2.74. The Balaban J connectivity index is 0.000000810. The smallest absolute Gasteiger partial charge is 0.245 e. The summed E-state index contributed by atoms with van der Waals surface area (Å²) < 4.78 is 1.77. The summed E-state index contributed by atoms with van der Waals surface area (Å²) in [6.07, 6.45) is 2.67. The van der Waals surface area contributed by atoms with Crippen molar-refractivity contribution in [1.82, 2.24) is 0 Å². The van der Waals surface area contributed by atoms with E-state index in [1.807, 2.05) is 25.4 Å². The molecule has 0 radical (unpaired) electrons. The number of hydrogen-bond acceptors (Lipinski definition) is 1. The van der Waals surface area contributed by atoms with E-state index in [0.29, 0.717) is 5.69 Å². The van der Waals surface area contributed by atoms with Gasteiger partial charge in [0.15, 0.2) is 6.20 Å². The van der Waals surface area contributed by atoms with Crippen LogP contribution in [0.25, 0.3) is 0 Å². The van der Waals surface area contributed by atoms with E-state index in [-0.39, 0.29) is 12.4 Å². The number of aldehydes is 1. The summed E-state index contributed by atoms with van der Waals surface area (Å²) in [6, 6.07) is 5.49. The number of carbonyl (C=O) groups excluding carboxylic acids is 1. The molecule has 0 aliphatic heterocycles. The van der Waals surface area contributed by atoms with Gasteiger partial charge < -0.3 is 12.4 Å². The number of aryl methyl sites for hydroxylation is 1. The summed E-state index contributed by atoms with van der Waals surface area (Å²) in [5.41, 5.74) is 0.692. The predicted octanol–water partition coefficient (Wildman–Crippen LogP) is -2.67. The van der Waals surface area contributed by atoms with Crippen LogP contribution >= 0.6 is 0 Å². The molecule has 0 unspecified atom stereocenters. The first kappa shape index (κ1) is 9.11. The second kappa shape index (κ2) is 4.01. The van der Waals surface area contributed by atoms with Gasteiger partial charge in [0.1, 0.15) is 7.05 Å². The fourth-order valence-electron chi connectivity index (χ4n) is 0.659. The molecule has 0 bridgehead atoms. The standard InChI is InChI=1S/C7H8NO.ClH/c1-8-5-3-2-4-7(8)6-9;/h2-6H,1H3;1H/q+1;/p-1. The normalized spacial score (nSPS) is 8.10. The Kier molecular flexibility index (Phi) is 3.65. The molecular weight excluding hydrogens is 150 g/mol. The molecule has 54 valence electrons. The average Bonchev–Trinajstić information content (AvgIpc) is 1.89. The molecule has 0 spiro atoms. The van der Waals surface area contributed by atoms with E-state index in [4.69, 9.17) is 0 Å². The van der Waals surface area contributed by atoms with Crippen molar-refractivity contribution in [3.8, 4) is 0 Å². The number of halogens is 1. The zero-order valence-corrected chi connectivity index (χ0v) is 6.38. The molecule has 2 nitrogen and oxygen atoms in total. The SMILES string of the molecule is C[n+]1ccccc1C=O.[Cl-]. The van der Waals surface area contributed by atoms with E-state index in [2.05, 4.69) is 0 Å². The monoisotopic (exact) mass is 157 g/mol. The molecule has 0 N–H and O–H groups in total. The molecule has 1 heterocycles. The van der Waals surface area contributed by atoms with Crippen molar-refractivity contribution >= 4 is 6.29 Å². The Bertz CT molecular complexity index is 225. The van der Waals surface area contributed by atoms with Gasteiger partial charge in [-0.25, -0.2) is 0 Å². The van der Waals surface area contributed by atoms with Crippen molar-refractivity contribution in [3.05, 3.63) is 30.1 Å². The molecule has 0 atom stereocenters. The third kappa shape index (κ3) is 1.81.